The van der Waals surface area contributed by atoms with Gasteiger partial charge in [-0.05, 0) is 19.8 Å². The maximum absolute atomic E-state index is 10.9. The molecule has 0 aromatic carbocycles. The highest BCUT2D eigenvalue weighted by Crippen LogP contribution is 2.11. The van der Waals surface area contributed by atoms with Gasteiger partial charge in [-0.3, -0.25) is 4.79 Å². The van der Waals surface area contributed by atoms with Gasteiger partial charge in [0.25, 0.3) is 5.91 Å². The van der Waals surface area contributed by atoms with E-state index in [1.807, 2.05) is 13.8 Å². The zero-order valence-electron chi connectivity index (χ0n) is 7.61. The summed E-state index contributed by atoms with van der Waals surface area (Å²) in [4.78, 5) is 14.7. The van der Waals surface area contributed by atoms with Crippen LogP contribution in [0.5, 0.6) is 0 Å². The Morgan fingerprint density at radius 1 is 1.77 bits per heavy atom. The molecule has 13 heavy (non-hydrogen) atoms. The predicted molar refractivity (Wildman–Crippen MR) is 49.1 cm³/mol. The van der Waals surface area contributed by atoms with Crippen LogP contribution in [-0.4, -0.2) is 15.5 Å². The number of nitrogens with zero attached hydrogens (tertiary/aromatic N) is 2. The zero-order valence-corrected chi connectivity index (χ0v) is 7.61. The Balaban J connectivity index is 3.29. The summed E-state index contributed by atoms with van der Waals surface area (Å²) in [6, 6.07) is 0.173. The van der Waals surface area contributed by atoms with Crippen LogP contribution in [0.1, 0.15) is 36.1 Å². The average molecular weight is 177 g/mol. The molecule has 0 atom stereocenters. The number of imidazole rings is 1. The van der Waals surface area contributed by atoms with Crippen molar-refractivity contribution >= 4 is 5.91 Å². The van der Waals surface area contributed by atoms with E-state index in [2.05, 4.69) is 10.9 Å². The number of carbonyl (C=O) groups excluding carboxylic acids is 1. The van der Waals surface area contributed by atoms with Gasteiger partial charge in [-0.2, -0.15) is 0 Å². The van der Waals surface area contributed by atoms with Gasteiger partial charge in [-0.25, -0.2) is 4.98 Å². The van der Waals surface area contributed by atoms with Gasteiger partial charge in [-0.1, -0.05) is 0 Å². The van der Waals surface area contributed by atoms with E-state index in [0.29, 0.717) is 5.69 Å². The van der Waals surface area contributed by atoms with Crippen molar-refractivity contribution in [2.75, 3.05) is 0 Å². The SMILES string of the molecule is C#Cc1c(C(N)=O)ncn1C(C)C. The number of rotatable bonds is 2. The van der Waals surface area contributed by atoms with Crippen molar-refractivity contribution in [1.82, 2.24) is 9.55 Å². The molecule has 1 aromatic heterocycles. The summed E-state index contributed by atoms with van der Waals surface area (Å²) in [5, 5.41) is 0. The van der Waals surface area contributed by atoms with Crippen LogP contribution in [0, 0.1) is 12.3 Å². The minimum absolute atomic E-state index is 0.163. The van der Waals surface area contributed by atoms with Crippen LogP contribution in [0.3, 0.4) is 0 Å². The summed E-state index contributed by atoms with van der Waals surface area (Å²) in [7, 11) is 0. The van der Waals surface area contributed by atoms with Gasteiger partial charge in [0.2, 0.25) is 0 Å². The van der Waals surface area contributed by atoms with Crippen LogP contribution in [0.4, 0.5) is 0 Å². The van der Waals surface area contributed by atoms with Crippen molar-refractivity contribution in [3.8, 4) is 12.3 Å². The lowest BCUT2D eigenvalue weighted by Gasteiger charge is -2.07. The second-order valence-corrected chi connectivity index (χ2v) is 2.95. The first kappa shape index (κ1) is 9.33. The monoisotopic (exact) mass is 177 g/mol. The molecule has 0 aliphatic rings. The second kappa shape index (κ2) is 3.31. The van der Waals surface area contributed by atoms with Gasteiger partial charge < -0.3 is 10.3 Å². The third kappa shape index (κ3) is 1.54. The van der Waals surface area contributed by atoms with E-state index in [1.54, 1.807) is 4.57 Å². The zero-order chi connectivity index (χ0) is 10.0. The van der Waals surface area contributed by atoms with Crippen LogP contribution in [-0.2, 0) is 0 Å². The molecule has 0 aliphatic heterocycles. The maximum atomic E-state index is 10.9. The number of terminal acetylenes is 1. The molecule has 0 aliphatic carbocycles. The lowest BCUT2D eigenvalue weighted by atomic mass is 10.3. The van der Waals surface area contributed by atoms with Crippen molar-refractivity contribution in [3.63, 3.8) is 0 Å². The second-order valence-electron chi connectivity index (χ2n) is 2.95. The van der Waals surface area contributed by atoms with Crippen LogP contribution < -0.4 is 5.73 Å². The molecule has 68 valence electrons. The molecule has 2 N–H and O–H groups in total. The number of primary amides is 1. The maximum Gasteiger partial charge on any atom is 0.270 e. The predicted octanol–water partition coefficient (Wildman–Crippen LogP) is 0.544. The Bertz CT molecular complexity index is 371. The largest absolute Gasteiger partial charge is 0.364 e. The fourth-order valence-electron chi connectivity index (χ4n) is 1.08. The van der Waals surface area contributed by atoms with E-state index < -0.39 is 5.91 Å². The van der Waals surface area contributed by atoms with Gasteiger partial charge in [0, 0.05) is 6.04 Å². The normalized spacial score (nSPS) is 10.0. The minimum Gasteiger partial charge on any atom is -0.364 e. The Labute approximate surface area is 76.8 Å². The summed E-state index contributed by atoms with van der Waals surface area (Å²) in [6.45, 7) is 3.90. The number of amides is 1. The highest BCUT2D eigenvalue weighted by Gasteiger charge is 2.14. The Hall–Kier alpha value is -1.76. The molecule has 0 radical (unpaired) electrons. The first-order valence-corrected chi connectivity index (χ1v) is 3.91. The van der Waals surface area contributed by atoms with Gasteiger partial charge >= 0.3 is 0 Å². The van der Waals surface area contributed by atoms with Crippen molar-refractivity contribution in [2.24, 2.45) is 5.73 Å². The summed E-state index contributed by atoms with van der Waals surface area (Å²) in [5.41, 5.74) is 5.70. The summed E-state index contributed by atoms with van der Waals surface area (Å²) in [5.74, 6) is 1.82. The third-order valence-electron chi connectivity index (χ3n) is 1.72. The molecule has 0 spiro atoms. The first-order chi connectivity index (χ1) is 6.07. The van der Waals surface area contributed by atoms with Crippen LogP contribution >= 0.6 is 0 Å². The van der Waals surface area contributed by atoms with Crippen molar-refractivity contribution in [3.05, 3.63) is 17.7 Å². The number of hydrogen-bond acceptors (Lipinski definition) is 2. The summed E-state index contributed by atoms with van der Waals surface area (Å²) in [6.07, 6.45) is 6.78. The van der Waals surface area contributed by atoms with Gasteiger partial charge in [0.05, 0.1) is 6.33 Å². The van der Waals surface area contributed by atoms with E-state index >= 15 is 0 Å². The summed E-state index contributed by atoms with van der Waals surface area (Å²) >= 11 is 0. The van der Waals surface area contributed by atoms with Crippen molar-refractivity contribution in [2.45, 2.75) is 19.9 Å². The smallest absolute Gasteiger partial charge is 0.270 e. The van der Waals surface area contributed by atoms with E-state index in [9.17, 15) is 4.79 Å². The van der Waals surface area contributed by atoms with E-state index in [-0.39, 0.29) is 11.7 Å². The lowest BCUT2D eigenvalue weighted by Crippen LogP contribution is -2.14. The molecule has 0 bridgehead atoms. The molecule has 0 fully saturated rings. The molecule has 4 nitrogen and oxygen atoms in total. The topological polar surface area (TPSA) is 60.9 Å². The van der Waals surface area contributed by atoms with Crippen molar-refractivity contribution < 1.29 is 4.79 Å². The molecule has 1 heterocycles. The molecule has 1 rings (SSSR count). The first-order valence-electron chi connectivity index (χ1n) is 3.91. The Kier molecular flexibility index (Phi) is 2.38. The minimum atomic E-state index is -0.590. The van der Waals surface area contributed by atoms with Gasteiger partial charge in [0.15, 0.2) is 5.69 Å². The molecule has 0 unspecified atom stereocenters. The van der Waals surface area contributed by atoms with Crippen LogP contribution in [0.15, 0.2) is 6.33 Å². The summed E-state index contributed by atoms with van der Waals surface area (Å²) < 4.78 is 1.74. The van der Waals surface area contributed by atoms with Gasteiger partial charge in [0.1, 0.15) is 5.69 Å². The van der Waals surface area contributed by atoms with E-state index in [1.165, 1.54) is 6.33 Å². The number of hydrogen-bond donors (Lipinski definition) is 1. The Morgan fingerprint density at radius 3 is 2.77 bits per heavy atom. The highest BCUT2D eigenvalue weighted by atomic mass is 16.1. The lowest BCUT2D eigenvalue weighted by molar-refractivity contribution is 0.0995. The van der Waals surface area contributed by atoms with Crippen molar-refractivity contribution in [1.29, 1.82) is 0 Å². The molecule has 4 heteroatoms. The molecule has 1 amide bonds. The van der Waals surface area contributed by atoms with Gasteiger partial charge in [-0.15, -0.1) is 6.42 Å². The quantitative estimate of drug-likeness (QED) is 0.670. The molecule has 0 saturated heterocycles. The molecular weight excluding hydrogens is 166 g/mol. The standard InChI is InChI=1S/C9H11N3O/c1-4-7-8(9(10)13)11-5-12(7)6(2)3/h1,5-6H,2-3H3,(H2,10,13). The fraction of sp³-hybridized carbons (Fsp3) is 0.333. The highest BCUT2D eigenvalue weighted by molar-refractivity contribution is 5.92. The Morgan fingerprint density at radius 2 is 2.38 bits per heavy atom. The number of carbonyl (C=O) groups is 1. The van der Waals surface area contributed by atoms with E-state index in [4.69, 9.17) is 12.2 Å². The van der Waals surface area contributed by atoms with Crippen LogP contribution in [0.2, 0.25) is 0 Å². The average Bonchev–Trinajstić information content (AvgIpc) is 2.46. The number of nitrogens with two attached hydrogens (primary N) is 1. The van der Waals surface area contributed by atoms with Crippen LogP contribution in [0.25, 0.3) is 0 Å². The molecule has 0 saturated carbocycles. The molecule has 1 aromatic rings. The third-order valence-corrected chi connectivity index (χ3v) is 1.72. The van der Waals surface area contributed by atoms with E-state index in [0.717, 1.165) is 0 Å². The number of aromatic nitrogens is 2. The fourth-order valence-corrected chi connectivity index (χ4v) is 1.08. The molecular formula is C9H11N3O.